The van der Waals surface area contributed by atoms with Crippen molar-refractivity contribution in [3.05, 3.63) is 71.0 Å². The Balaban J connectivity index is 2.11. The normalized spacial score (nSPS) is 11.2. The van der Waals surface area contributed by atoms with Crippen LogP contribution >= 0.6 is 0 Å². The van der Waals surface area contributed by atoms with Gasteiger partial charge in [0.2, 0.25) is 0 Å². The lowest BCUT2D eigenvalue weighted by Crippen LogP contribution is -2.14. The van der Waals surface area contributed by atoms with Crippen LogP contribution in [0.1, 0.15) is 0 Å². The van der Waals surface area contributed by atoms with Gasteiger partial charge < -0.3 is 0 Å². The molecular weight excluding hydrogens is 250 g/mol. The van der Waals surface area contributed by atoms with Crippen molar-refractivity contribution in [3.8, 4) is 11.3 Å². The third-order valence-corrected chi connectivity index (χ3v) is 3.39. The first-order valence-electron chi connectivity index (χ1n) is 6.39. The summed E-state index contributed by atoms with van der Waals surface area (Å²) in [5.74, 6) is 0. The van der Waals surface area contributed by atoms with Gasteiger partial charge in [-0.05, 0) is 12.1 Å². The van der Waals surface area contributed by atoms with Gasteiger partial charge in [-0.15, -0.1) is 0 Å². The fourth-order valence-electron chi connectivity index (χ4n) is 2.42. The van der Waals surface area contributed by atoms with Gasteiger partial charge in [-0.2, -0.15) is 0 Å². The number of hydrogen-bond donors (Lipinski definition) is 1. The Kier molecular flexibility index (Phi) is 2.23. The van der Waals surface area contributed by atoms with E-state index in [1.807, 2.05) is 54.6 Å². The average molecular weight is 261 g/mol. The smallest absolute Gasteiger partial charge is 0.273 e. The average Bonchev–Trinajstić information content (AvgIpc) is 2.88. The molecule has 0 aliphatic carbocycles. The lowest BCUT2D eigenvalue weighted by molar-refractivity contribution is 0.916. The summed E-state index contributed by atoms with van der Waals surface area (Å²) in [5, 5.41) is 4.01. The van der Waals surface area contributed by atoms with Gasteiger partial charge >= 0.3 is 0 Å². The van der Waals surface area contributed by atoms with Crippen LogP contribution in [0, 0.1) is 0 Å². The first kappa shape index (κ1) is 11.0. The highest BCUT2D eigenvalue weighted by atomic mass is 16.1. The Morgan fingerprint density at radius 3 is 2.55 bits per heavy atom. The van der Waals surface area contributed by atoms with E-state index < -0.39 is 0 Å². The van der Waals surface area contributed by atoms with Crippen LogP contribution in [0.25, 0.3) is 27.8 Å². The number of aromatic amines is 1. The van der Waals surface area contributed by atoms with Gasteiger partial charge in [-0.1, -0.05) is 42.5 Å². The van der Waals surface area contributed by atoms with E-state index in [1.165, 1.54) is 4.52 Å². The second kappa shape index (κ2) is 4.06. The maximum atomic E-state index is 12.2. The maximum Gasteiger partial charge on any atom is 0.273 e. The number of nitrogens with zero attached hydrogens (tertiary/aromatic N) is 2. The molecule has 2 aromatic heterocycles. The third-order valence-electron chi connectivity index (χ3n) is 3.39. The van der Waals surface area contributed by atoms with Crippen molar-refractivity contribution in [2.75, 3.05) is 0 Å². The van der Waals surface area contributed by atoms with Gasteiger partial charge in [0.15, 0.2) is 5.65 Å². The van der Waals surface area contributed by atoms with Crippen molar-refractivity contribution < 1.29 is 0 Å². The Morgan fingerprint density at radius 2 is 1.70 bits per heavy atom. The Labute approximate surface area is 114 Å². The summed E-state index contributed by atoms with van der Waals surface area (Å²) < 4.78 is 1.48. The largest absolute Gasteiger partial charge is 0.289 e. The van der Waals surface area contributed by atoms with Crippen LogP contribution in [-0.4, -0.2) is 14.6 Å². The molecule has 0 unspecified atom stereocenters. The minimum absolute atomic E-state index is 0.106. The molecule has 1 N–H and O–H groups in total. The SMILES string of the molecule is O=c1cc(-c2ccccc2)nc2c3ccccc3[nH]n12. The highest BCUT2D eigenvalue weighted by Gasteiger charge is 2.09. The van der Waals surface area contributed by atoms with E-state index >= 15 is 0 Å². The van der Waals surface area contributed by atoms with Gasteiger partial charge in [-0.25, -0.2) is 9.50 Å². The zero-order chi connectivity index (χ0) is 13.5. The number of nitrogens with one attached hydrogen (secondary N) is 1. The molecule has 4 heteroatoms. The molecular formula is C16H11N3O. The molecule has 4 nitrogen and oxygen atoms in total. The number of rotatable bonds is 1. The molecule has 0 spiro atoms. The van der Waals surface area contributed by atoms with Crippen LogP contribution in [-0.2, 0) is 0 Å². The summed E-state index contributed by atoms with van der Waals surface area (Å²) in [7, 11) is 0. The van der Waals surface area contributed by atoms with E-state index in [1.54, 1.807) is 6.07 Å². The van der Waals surface area contributed by atoms with Gasteiger partial charge in [0.1, 0.15) is 0 Å². The molecule has 2 aromatic carbocycles. The van der Waals surface area contributed by atoms with E-state index in [4.69, 9.17) is 0 Å². The number of para-hydroxylation sites is 1. The summed E-state index contributed by atoms with van der Waals surface area (Å²) in [4.78, 5) is 16.9. The van der Waals surface area contributed by atoms with Crippen LogP contribution in [0.3, 0.4) is 0 Å². The second-order valence-electron chi connectivity index (χ2n) is 4.66. The molecule has 0 saturated heterocycles. The standard InChI is InChI=1S/C16H11N3O/c20-15-10-14(11-6-2-1-3-7-11)17-16-12-8-4-5-9-13(12)18-19(15)16/h1-10,18H. The minimum atomic E-state index is -0.106. The van der Waals surface area contributed by atoms with Crippen LogP contribution in [0.2, 0.25) is 0 Å². The Bertz CT molecular complexity index is 967. The lowest BCUT2D eigenvalue weighted by Gasteiger charge is -2.00. The molecule has 0 atom stereocenters. The molecule has 0 aliphatic heterocycles. The molecule has 96 valence electrons. The molecule has 0 aliphatic rings. The van der Waals surface area contributed by atoms with Gasteiger partial charge in [-0.3, -0.25) is 9.89 Å². The molecule has 4 rings (SSSR count). The fraction of sp³-hybridized carbons (Fsp3) is 0. The monoisotopic (exact) mass is 261 g/mol. The molecule has 0 bridgehead atoms. The van der Waals surface area contributed by atoms with Crippen LogP contribution in [0.5, 0.6) is 0 Å². The van der Waals surface area contributed by atoms with Crippen molar-refractivity contribution in [1.82, 2.24) is 14.6 Å². The summed E-state index contributed by atoms with van der Waals surface area (Å²) in [6.07, 6.45) is 0. The molecule has 20 heavy (non-hydrogen) atoms. The summed E-state index contributed by atoms with van der Waals surface area (Å²) in [5.41, 5.74) is 3.09. The number of H-pyrrole nitrogens is 1. The quantitative estimate of drug-likeness (QED) is 0.573. The number of fused-ring (bicyclic) bond motifs is 3. The van der Waals surface area contributed by atoms with Crippen LogP contribution in [0.15, 0.2) is 65.5 Å². The number of hydrogen-bond acceptors (Lipinski definition) is 2. The minimum Gasteiger partial charge on any atom is -0.289 e. The topological polar surface area (TPSA) is 50.2 Å². The molecule has 0 radical (unpaired) electrons. The van der Waals surface area contributed by atoms with E-state index in [2.05, 4.69) is 10.1 Å². The maximum absolute atomic E-state index is 12.2. The summed E-state index contributed by atoms with van der Waals surface area (Å²) >= 11 is 0. The van der Waals surface area contributed by atoms with Crippen molar-refractivity contribution in [3.63, 3.8) is 0 Å². The lowest BCUT2D eigenvalue weighted by atomic mass is 10.1. The van der Waals surface area contributed by atoms with E-state index in [9.17, 15) is 4.79 Å². The Hall–Kier alpha value is -2.88. The zero-order valence-corrected chi connectivity index (χ0v) is 10.6. The summed E-state index contributed by atoms with van der Waals surface area (Å²) in [6, 6.07) is 19.0. The molecule has 0 amide bonds. The highest BCUT2D eigenvalue weighted by molar-refractivity contribution is 5.92. The number of aromatic nitrogens is 3. The van der Waals surface area contributed by atoms with Crippen LogP contribution < -0.4 is 5.56 Å². The first-order valence-corrected chi connectivity index (χ1v) is 6.39. The molecule has 0 fully saturated rings. The highest BCUT2D eigenvalue weighted by Crippen LogP contribution is 2.20. The van der Waals surface area contributed by atoms with E-state index in [0.717, 1.165) is 16.5 Å². The predicted molar refractivity (Wildman–Crippen MR) is 78.8 cm³/mol. The van der Waals surface area contributed by atoms with Gasteiger partial charge in [0, 0.05) is 17.0 Å². The fourth-order valence-corrected chi connectivity index (χ4v) is 2.42. The second-order valence-corrected chi connectivity index (χ2v) is 4.66. The van der Waals surface area contributed by atoms with E-state index in [0.29, 0.717) is 11.3 Å². The van der Waals surface area contributed by atoms with Crippen molar-refractivity contribution in [2.45, 2.75) is 0 Å². The Morgan fingerprint density at radius 1 is 0.950 bits per heavy atom. The van der Waals surface area contributed by atoms with Gasteiger partial charge in [0.25, 0.3) is 5.56 Å². The third kappa shape index (κ3) is 1.55. The first-order chi connectivity index (χ1) is 9.83. The van der Waals surface area contributed by atoms with Crippen molar-refractivity contribution in [1.29, 1.82) is 0 Å². The summed E-state index contributed by atoms with van der Waals surface area (Å²) in [6.45, 7) is 0. The van der Waals surface area contributed by atoms with Crippen molar-refractivity contribution >= 4 is 16.6 Å². The molecule has 0 saturated carbocycles. The predicted octanol–water partition coefficient (Wildman–Crippen LogP) is 2.84. The van der Waals surface area contributed by atoms with Gasteiger partial charge in [0.05, 0.1) is 11.2 Å². The van der Waals surface area contributed by atoms with Crippen molar-refractivity contribution in [2.24, 2.45) is 0 Å². The number of benzene rings is 2. The van der Waals surface area contributed by atoms with Crippen LogP contribution in [0.4, 0.5) is 0 Å². The molecule has 2 heterocycles. The molecule has 4 aromatic rings. The zero-order valence-electron chi connectivity index (χ0n) is 10.6. The van der Waals surface area contributed by atoms with E-state index in [-0.39, 0.29) is 5.56 Å².